The van der Waals surface area contributed by atoms with Crippen molar-refractivity contribution in [2.75, 3.05) is 38.5 Å². The van der Waals surface area contributed by atoms with Gasteiger partial charge in [-0.2, -0.15) is 0 Å². The molecule has 0 spiro atoms. The number of nitrogens with one attached hydrogen (secondary N) is 1. The third-order valence-electron chi connectivity index (χ3n) is 5.53. The minimum absolute atomic E-state index is 0.0820. The number of rotatable bonds is 4. The van der Waals surface area contributed by atoms with E-state index in [0.29, 0.717) is 37.4 Å². The van der Waals surface area contributed by atoms with E-state index in [9.17, 15) is 23.2 Å². The predicted octanol–water partition coefficient (Wildman–Crippen LogP) is 2.13. The number of aromatic nitrogens is 1. The molecule has 1 saturated heterocycles. The normalized spacial score (nSPS) is 14.7. The summed E-state index contributed by atoms with van der Waals surface area (Å²) in [6.45, 7) is 5.57. The molecule has 1 aliphatic heterocycles. The molecule has 0 aliphatic carbocycles. The largest absolute Gasteiger partial charge is 0.343 e. The van der Waals surface area contributed by atoms with Crippen molar-refractivity contribution >= 4 is 23.3 Å². The third kappa shape index (κ3) is 3.97. The van der Waals surface area contributed by atoms with Crippen molar-refractivity contribution in [2.45, 2.75) is 13.8 Å². The van der Waals surface area contributed by atoms with E-state index in [0.717, 1.165) is 12.1 Å². The van der Waals surface area contributed by atoms with Crippen LogP contribution in [0.5, 0.6) is 0 Å². The highest BCUT2D eigenvalue weighted by atomic mass is 19.2. The Morgan fingerprint density at radius 3 is 2.20 bits per heavy atom. The summed E-state index contributed by atoms with van der Waals surface area (Å²) in [6.07, 6.45) is 0. The van der Waals surface area contributed by atoms with Gasteiger partial charge in [-0.1, -0.05) is 0 Å². The first-order valence-electron chi connectivity index (χ1n) is 9.56. The summed E-state index contributed by atoms with van der Waals surface area (Å²) in [5, 5.41) is 2.51. The number of nitrogens with zero attached hydrogens (tertiary/aromatic N) is 3. The first kappa shape index (κ1) is 21.6. The molecule has 0 atom stereocenters. The molecule has 0 bridgehead atoms. The van der Waals surface area contributed by atoms with E-state index >= 15 is 0 Å². The minimum Gasteiger partial charge on any atom is -0.343 e. The van der Waals surface area contributed by atoms with Gasteiger partial charge in [-0.05, 0) is 38.6 Å². The lowest BCUT2D eigenvalue weighted by Gasteiger charge is -2.31. The summed E-state index contributed by atoms with van der Waals surface area (Å²) in [5.74, 6) is -3.94. The lowest BCUT2D eigenvalue weighted by molar-refractivity contribution is -0.127. The number of benzene rings is 1. The van der Waals surface area contributed by atoms with E-state index in [1.54, 1.807) is 20.9 Å². The second-order valence-corrected chi connectivity index (χ2v) is 7.50. The van der Waals surface area contributed by atoms with E-state index in [-0.39, 0.29) is 16.9 Å². The van der Waals surface area contributed by atoms with Crippen LogP contribution in [0.4, 0.5) is 14.5 Å². The van der Waals surface area contributed by atoms with Gasteiger partial charge < -0.3 is 19.7 Å². The Hall–Kier alpha value is -3.07. The van der Waals surface area contributed by atoms with Gasteiger partial charge in [0.2, 0.25) is 0 Å². The van der Waals surface area contributed by atoms with Crippen molar-refractivity contribution in [1.82, 2.24) is 14.4 Å². The van der Waals surface area contributed by atoms with Gasteiger partial charge in [0.1, 0.15) is 5.69 Å². The Bertz CT molecular complexity index is 1020. The fraction of sp³-hybridized carbons (Fsp3) is 0.381. The average molecular weight is 418 g/mol. The van der Waals surface area contributed by atoms with Gasteiger partial charge >= 0.3 is 0 Å². The van der Waals surface area contributed by atoms with Gasteiger partial charge in [0, 0.05) is 50.7 Å². The molecule has 0 radical (unpaired) electrons. The number of piperazine rings is 1. The smallest absolute Gasteiger partial charge is 0.295 e. The molecule has 2 heterocycles. The van der Waals surface area contributed by atoms with Gasteiger partial charge in [-0.3, -0.25) is 14.4 Å². The molecule has 1 N–H and O–H groups in total. The Morgan fingerprint density at radius 1 is 0.967 bits per heavy atom. The summed E-state index contributed by atoms with van der Waals surface area (Å²) in [7, 11) is 3.56. The summed E-state index contributed by atoms with van der Waals surface area (Å²) < 4.78 is 28.1. The topological polar surface area (TPSA) is 74.7 Å². The van der Waals surface area contributed by atoms with Crippen LogP contribution in [0.25, 0.3) is 0 Å². The molecule has 1 aromatic carbocycles. The molecule has 2 aromatic rings. The van der Waals surface area contributed by atoms with E-state index in [1.807, 2.05) is 7.05 Å². The number of hydrogen-bond acceptors (Lipinski definition) is 4. The fourth-order valence-electron chi connectivity index (χ4n) is 3.66. The maximum Gasteiger partial charge on any atom is 0.295 e. The summed E-state index contributed by atoms with van der Waals surface area (Å²) in [6, 6.07) is 3.03. The van der Waals surface area contributed by atoms with Crippen molar-refractivity contribution in [3.8, 4) is 0 Å². The average Bonchev–Trinajstić information content (AvgIpc) is 2.93. The zero-order chi connectivity index (χ0) is 22.2. The highest BCUT2D eigenvalue weighted by Crippen LogP contribution is 2.24. The van der Waals surface area contributed by atoms with Crippen LogP contribution in [-0.4, -0.2) is 65.2 Å². The lowest BCUT2D eigenvalue weighted by atomic mass is 10.0. The molecule has 9 heteroatoms. The first-order chi connectivity index (χ1) is 14.1. The van der Waals surface area contributed by atoms with E-state index < -0.39 is 29.2 Å². The Balaban J connectivity index is 1.87. The van der Waals surface area contributed by atoms with Crippen LogP contribution < -0.4 is 5.32 Å². The molecule has 160 valence electrons. The maximum atomic E-state index is 13.4. The van der Waals surface area contributed by atoms with Crippen molar-refractivity contribution in [2.24, 2.45) is 7.05 Å². The third-order valence-corrected chi connectivity index (χ3v) is 5.53. The number of ketones is 1. The van der Waals surface area contributed by atoms with Crippen molar-refractivity contribution in [3.63, 3.8) is 0 Å². The number of amides is 2. The number of anilines is 1. The zero-order valence-electron chi connectivity index (χ0n) is 17.4. The molecule has 3 rings (SSSR count). The van der Waals surface area contributed by atoms with Crippen molar-refractivity contribution in [1.29, 1.82) is 0 Å². The van der Waals surface area contributed by atoms with Gasteiger partial charge in [0.25, 0.3) is 17.6 Å². The molecule has 7 nitrogen and oxygen atoms in total. The molecule has 1 aromatic heterocycles. The van der Waals surface area contributed by atoms with Crippen LogP contribution in [-0.2, 0) is 11.8 Å². The highest BCUT2D eigenvalue weighted by Gasteiger charge is 2.32. The maximum absolute atomic E-state index is 13.4. The molecule has 0 unspecified atom stereocenters. The van der Waals surface area contributed by atoms with Crippen LogP contribution >= 0.6 is 0 Å². The van der Waals surface area contributed by atoms with E-state index in [1.165, 1.54) is 15.5 Å². The van der Waals surface area contributed by atoms with E-state index in [2.05, 4.69) is 10.2 Å². The summed E-state index contributed by atoms with van der Waals surface area (Å²) in [5.41, 5.74) is 1.29. The second-order valence-electron chi connectivity index (χ2n) is 7.50. The van der Waals surface area contributed by atoms with Crippen LogP contribution in [0.2, 0.25) is 0 Å². The number of halogens is 2. The van der Waals surface area contributed by atoms with Gasteiger partial charge in [-0.15, -0.1) is 0 Å². The van der Waals surface area contributed by atoms with Crippen LogP contribution in [0.3, 0.4) is 0 Å². The van der Waals surface area contributed by atoms with Crippen molar-refractivity contribution in [3.05, 3.63) is 52.3 Å². The molecular formula is C21H24F2N4O3. The van der Waals surface area contributed by atoms with Gasteiger partial charge in [0.15, 0.2) is 11.6 Å². The molecule has 0 saturated carbocycles. The van der Waals surface area contributed by atoms with Crippen LogP contribution in [0.15, 0.2) is 18.2 Å². The highest BCUT2D eigenvalue weighted by molar-refractivity contribution is 6.43. The number of carbonyl (C=O) groups excluding carboxylic acids is 3. The SMILES string of the molecule is Cc1c(C(=O)C(=O)N2CCN(C)CC2)c(C)n(C)c1C(=O)Nc1ccc(F)c(F)c1. The van der Waals surface area contributed by atoms with E-state index in [4.69, 9.17) is 0 Å². The number of carbonyl (C=O) groups is 3. The number of Topliss-reactive ketones (excluding diaryl/α,β-unsaturated/α-hetero) is 1. The van der Waals surface area contributed by atoms with Gasteiger partial charge in [0.05, 0.1) is 5.56 Å². The Labute approximate surface area is 173 Å². The Kier molecular flexibility index (Phi) is 6.02. The minimum atomic E-state index is -1.08. The number of likely N-dealkylation sites (N-methyl/N-ethyl adjacent to an activating group) is 1. The predicted molar refractivity (Wildman–Crippen MR) is 108 cm³/mol. The molecule has 1 fully saturated rings. The summed E-state index contributed by atoms with van der Waals surface area (Å²) >= 11 is 0. The fourth-order valence-corrected chi connectivity index (χ4v) is 3.66. The Morgan fingerprint density at radius 2 is 1.60 bits per heavy atom. The van der Waals surface area contributed by atoms with Gasteiger partial charge in [-0.25, -0.2) is 8.78 Å². The monoisotopic (exact) mass is 418 g/mol. The lowest BCUT2D eigenvalue weighted by Crippen LogP contribution is -2.49. The number of hydrogen-bond donors (Lipinski definition) is 1. The summed E-state index contributed by atoms with van der Waals surface area (Å²) in [4.78, 5) is 42.1. The first-order valence-corrected chi connectivity index (χ1v) is 9.56. The zero-order valence-corrected chi connectivity index (χ0v) is 17.4. The molecule has 2 amide bonds. The van der Waals surface area contributed by atoms with Crippen LogP contribution in [0, 0.1) is 25.5 Å². The standard InChI is InChI=1S/C21H24F2N4O3/c1-12-17(19(28)21(30)27-9-7-25(3)8-10-27)13(2)26(4)18(12)20(29)24-14-5-6-15(22)16(23)11-14/h5-6,11H,7-10H2,1-4H3,(H,24,29). The quantitative estimate of drug-likeness (QED) is 0.610. The molecule has 1 aliphatic rings. The molecular weight excluding hydrogens is 394 g/mol. The van der Waals surface area contributed by atoms with Crippen molar-refractivity contribution < 1.29 is 23.2 Å². The molecule has 30 heavy (non-hydrogen) atoms. The van der Waals surface area contributed by atoms with Crippen LogP contribution in [0.1, 0.15) is 32.1 Å². The second kappa shape index (κ2) is 8.35.